The van der Waals surface area contributed by atoms with Crippen LogP contribution in [0.15, 0.2) is 12.3 Å². The number of morpholine rings is 1. The van der Waals surface area contributed by atoms with Gasteiger partial charge in [0.25, 0.3) is 0 Å². The highest BCUT2D eigenvalue weighted by Gasteiger charge is 2.18. The van der Waals surface area contributed by atoms with E-state index < -0.39 is 5.97 Å². The van der Waals surface area contributed by atoms with Gasteiger partial charge >= 0.3 is 5.97 Å². The number of aromatic nitrogens is 1. The summed E-state index contributed by atoms with van der Waals surface area (Å²) in [7, 11) is 0. The number of hydrogen-bond donors (Lipinski definition) is 2. The van der Waals surface area contributed by atoms with Crippen molar-refractivity contribution < 1.29 is 14.3 Å². The number of anilines is 2. The average molecular weight is 266 g/mol. The van der Waals surface area contributed by atoms with E-state index in [9.17, 15) is 4.79 Å². The van der Waals surface area contributed by atoms with E-state index in [-0.39, 0.29) is 0 Å². The number of carbonyl (C=O) groups is 1. The Morgan fingerprint density at radius 1 is 1.58 bits per heavy atom. The maximum Gasteiger partial charge on any atom is 0.342 e. The van der Waals surface area contributed by atoms with Gasteiger partial charge in [0.2, 0.25) is 0 Å². The molecule has 0 aliphatic carbocycles. The van der Waals surface area contributed by atoms with Crippen molar-refractivity contribution in [2.45, 2.75) is 6.92 Å². The number of nitrogens with one attached hydrogen (secondary N) is 1. The number of ether oxygens (including phenoxy) is 2. The van der Waals surface area contributed by atoms with Gasteiger partial charge in [0.1, 0.15) is 5.56 Å². The molecule has 0 spiro atoms. The first-order valence-corrected chi connectivity index (χ1v) is 6.22. The highest BCUT2D eigenvalue weighted by atomic mass is 16.5. The van der Waals surface area contributed by atoms with Crippen molar-refractivity contribution in [1.29, 1.82) is 0 Å². The lowest BCUT2D eigenvalue weighted by Crippen LogP contribution is -2.40. The van der Waals surface area contributed by atoms with Crippen LogP contribution < -0.4 is 11.2 Å². The van der Waals surface area contributed by atoms with Crippen LogP contribution in [-0.2, 0) is 9.47 Å². The van der Waals surface area contributed by atoms with Gasteiger partial charge in [-0.15, -0.1) is 0 Å². The maximum atomic E-state index is 11.9. The molecule has 7 heteroatoms. The predicted molar refractivity (Wildman–Crippen MR) is 70.6 cm³/mol. The van der Waals surface area contributed by atoms with Gasteiger partial charge in [-0.25, -0.2) is 14.8 Å². The summed E-state index contributed by atoms with van der Waals surface area (Å²) in [6.07, 6.45) is 1.51. The van der Waals surface area contributed by atoms with Gasteiger partial charge in [-0.3, -0.25) is 0 Å². The zero-order valence-corrected chi connectivity index (χ0v) is 10.9. The molecular weight excluding hydrogens is 248 g/mol. The van der Waals surface area contributed by atoms with E-state index in [0.29, 0.717) is 36.9 Å². The molecule has 7 nitrogen and oxygen atoms in total. The Balaban J connectivity index is 2.15. The molecule has 0 amide bonds. The molecule has 0 bridgehead atoms. The van der Waals surface area contributed by atoms with Crippen LogP contribution in [0, 0.1) is 0 Å². The number of esters is 1. The van der Waals surface area contributed by atoms with Crippen LogP contribution in [0.3, 0.4) is 0 Å². The fraction of sp³-hybridized carbons (Fsp3) is 0.500. The second-order valence-electron chi connectivity index (χ2n) is 4.10. The summed E-state index contributed by atoms with van der Waals surface area (Å²) in [5, 5.41) is 1.95. The van der Waals surface area contributed by atoms with E-state index in [1.165, 1.54) is 6.20 Å². The normalized spacial score (nSPS) is 16.1. The third-order valence-corrected chi connectivity index (χ3v) is 2.68. The predicted octanol–water partition coefficient (Wildman–Crippen LogP) is 0.500. The minimum absolute atomic E-state index is 0.310. The van der Waals surface area contributed by atoms with Crippen LogP contribution in [0.1, 0.15) is 17.3 Å². The summed E-state index contributed by atoms with van der Waals surface area (Å²) < 4.78 is 10.3. The molecule has 104 valence electrons. The Bertz CT molecular complexity index is 447. The van der Waals surface area contributed by atoms with Crippen LogP contribution >= 0.6 is 0 Å². The Hall–Kier alpha value is -1.86. The van der Waals surface area contributed by atoms with Crippen molar-refractivity contribution in [3.63, 3.8) is 0 Å². The van der Waals surface area contributed by atoms with Crippen LogP contribution in [0.25, 0.3) is 0 Å². The van der Waals surface area contributed by atoms with Gasteiger partial charge in [0, 0.05) is 13.1 Å². The molecule has 0 atom stereocenters. The van der Waals surface area contributed by atoms with Crippen molar-refractivity contribution in [2.75, 3.05) is 44.1 Å². The summed E-state index contributed by atoms with van der Waals surface area (Å²) in [6.45, 7) is 4.83. The van der Waals surface area contributed by atoms with Gasteiger partial charge < -0.3 is 20.6 Å². The lowest BCUT2D eigenvalue weighted by molar-refractivity contribution is 0.0485. The SMILES string of the molecule is CCOC(=O)c1cc(N)cnc1NN1CCOCC1. The van der Waals surface area contributed by atoms with Crippen LogP contribution in [0.2, 0.25) is 0 Å². The number of pyridine rings is 1. The molecule has 3 N–H and O–H groups in total. The van der Waals surface area contributed by atoms with E-state index in [1.54, 1.807) is 13.0 Å². The smallest absolute Gasteiger partial charge is 0.342 e. The molecule has 2 heterocycles. The van der Waals surface area contributed by atoms with E-state index in [4.69, 9.17) is 15.2 Å². The molecule has 19 heavy (non-hydrogen) atoms. The summed E-state index contributed by atoms with van der Waals surface area (Å²) in [5.41, 5.74) is 9.53. The van der Waals surface area contributed by atoms with Crippen LogP contribution in [-0.4, -0.2) is 48.9 Å². The fourth-order valence-electron chi connectivity index (χ4n) is 1.76. The quantitative estimate of drug-likeness (QED) is 0.767. The van der Waals surface area contributed by atoms with Crippen LogP contribution in [0.4, 0.5) is 11.5 Å². The zero-order chi connectivity index (χ0) is 13.7. The van der Waals surface area contributed by atoms with E-state index in [2.05, 4.69) is 10.4 Å². The van der Waals surface area contributed by atoms with Crippen molar-refractivity contribution in [3.05, 3.63) is 17.8 Å². The van der Waals surface area contributed by atoms with E-state index in [0.717, 1.165) is 13.1 Å². The molecule has 1 aliphatic rings. The molecule has 0 unspecified atom stereocenters. The Morgan fingerprint density at radius 3 is 3.00 bits per heavy atom. The van der Waals surface area contributed by atoms with Crippen molar-refractivity contribution in [1.82, 2.24) is 9.99 Å². The average Bonchev–Trinajstić information content (AvgIpc) is 2.42. The standard InChI is InChI=1S/C12H18N4O3/c1-2-19-12(17)10-7-9(13)8-14-11(10)15-16-3-5-18-6-4-16/h7-8H,2-6,13H2,1H3,(H,14,15). The van der Waals surface area contributed by atoms with Crippen molar-refractivity contribution in [3.8, 4) is 0 Å². The van der Waals surface area contributed by atoms with Gasteiger partial charge in [0.05, 0.1) is 31.7 Å². The molecule has 0 saturated carbocycles. The number of hydrogen-bond acceptors (Lipinski definition) is 7. The highest BCUT2D eigenvalue weighted by Crippen LogP contribution is 2.17. The third-order valence-electron chi connectivity index (χ3n) is 2.68. The van der Waals surface area contributed by atoms with E-state index in [1.807, 2.05) is 5.01 Å². The van der Waals surface area contributed by atoms with E-state index >= 15 is 0 Å². The maximum absolute atomic E-state index is 11.9. The molecule has 1 aliphatic heterocycles. The molecule has 0 radical (unpaired) electrons. The summed E-state index contributed by atoms with van der Waals surface area (Å²) in [4.78, 5) is 16.0. The van der Waals surface area contributed by atoms with Crippen molar-refractivity contribution in [2.24, 2.45) is 0 Å². The zero-order valence-electron chi connectivity index (χ0n) is 10.9. The largest absolute Gasteiger partial charge is 0.462 e. The molecule has 2 rings (SSSR count). The highest BCUT2D eigenvalue weighted by molar-refractivity contribution is 5.95. The van der Waals surface area contributed by atoms with Crippen molar-refractivity contribution >= 4 is 17.5 Å². The summed E-state index contributed by atoms with van der Waals surface area (Å²) in [5.74, 6) is 0.0209. The summed E-state index contributed by atoms with van der Waals surface area (Å²) >= 11 is 0. The number of carbonyl (C=O) groups excluding carboxylic acids is 1. The molecule has 1 fully saturated rings. The molecule has 1 aromatic heterocycles. The first-order chi connectivity index (χ1) is 9.20. The van der Waals surface area contributed by atoms with Gasteiger partial charge in [-0.1, -0.05) is 0 Å². The Morgan fingerprint density at radius 2 is 2.32 bits per heavy atom. The van der Waals surface area contributed by atoms with Gasteiger partial charge in [0.15, 0.2) is 5.82 Å². The number of nitrogen functional groups attached to an aromatic ring is 1. The topological polar surface area (TPSA) is 89.7 Å². The monoisotopic (exact) mass is 266 g/mol. The number of nitrogens with zero attached hydrogens (tertiary/aromatic N) is 2. The lowest BCUT2D eigenvalue weighted by atomic mass is 10.2. The lowest BCUT2D eigenvalue weighted by Gasteiger charge is -2.28. The Kier molecular flexibility index (Phi) is 4.53. The number of hydrazine groups is 1. The second-order valence-corrected chi connectivity index (χ2v) is 4.10. The second kappa shape index (κ2) is 6.35. The molecule has 1 aromatic rings. The minimum atomic E-state index is -0.432. The molecule has 1 saturated heterocycles. The Labute approximate surface area is 111 Å². The third kappa shape index (κ3) is 3.55. The molecule has 0 aromatic carbocycles. The number of rotatable bonds is 4. The van der Waals surface area contributed by atoms with Crippen LogP contribution in [0.5, 0.6) is 0 Å². The van der Waals surface area contributed by atoms with Gasteiger partial charge in [-0.05, 0) is 13.0 Å². The number of nitrogens with two attached hydrogens (primary N) is 1. The summed E-state index contributed by atoms with van der Waals surface area (Å²) in [6, 6.07) is 1.56. The molecular formula is C12H18N4O3. The first-order valence-electron chi connectivity index (χ1n) is 6.22. The van der Waals surface area contributed by atoms with Gasteiger partial charge in [-0.2, -0.15) is 0 Å². The first kappa shape index (κ1) is 13.6. The minimum Gasteiger partial charge on any atom is -0.462 e. The fourth-order valence-corrected chi connectivity index (χ4v) is 1.76.